The number of aromatic carboxylic acids is 1. The zero-order chi connectivity index (χ0) is 14.4. The van der Waals surface area contributed by atoms with Gasteiger partial charge >= 0.3 is 5.97 Å². The van der Waals surface area contributed by atoms with Gasteiger partial charge in [0.1, 0.15) is 5.76 Å². The van der Waals surface area contributed by atoms with Crippen LogP contribution in [0.5, 0.6) is 0 Å². The predicted octanol–water partition coefficient (Wildman–Crippen LogP) is 3.67. The summed E-state index contributed by atoms with van der Waals surface area (Å²) >= 11 is 0. The van der Waals surface area contributed by atoms with E-state index in [-0.39, 0.29) is 11.9 Å². The number of nitrogens with one attached hydrogen (secondary N) is 2. The number of rotatable bonds is 2. The summed E-state index contributed by atoms with van der Waals surface area (Å²) in [6.07, 6.45) is -0.293. The first-order valence-corrected chi connectivity index (χ1v) is 6.60. The lowest BCUT2D eigenvalue weighted by molar-refractivity contribution is 0.0660. The summed E-state index contributed by atoms with van der Waals surface area (Å²) in [7, 11) is 0. The molecule has 1 aliphatic heterocycles. The van der Waals surface area contributed by atoms with Gasteiger partial charge in [0, 0.05) is 16.8 Å². The molecule has 3 aromatic rings. The van der Waals surface area contributed by atoms with Gasteiger partial charge < -0.3 is 20.2 Å². The maximum Gasteiger partial charge on any atom is 0.371 e. The molecule has 0 saturated carbocycles. The topological polar surface area (TPSA) is 74.5 Å². The van der Waals surface area contributed by atoms with E-state index >= 15 is 0 Å². The lowest BCUT2D eigenvalue weighted by Gasteiger charge is -2.28. The van der Waals surface area contributed by atoms with Crippen LogP contribution in [0.2, 0.25) is 0 Å². The second-order valence-electron chi connectivity index (χ2n) is 4.94. The quantitative estimate of drug-likeness (QED) is 0.668. The van der Waals surface area contributed by atoms with E-state index in [1.807, 2.05) is 24.3 Å². The maximum atomic E-state index is 10.9. The molecular formula is C16H12N2O3. The van der Waals surface area contributed by atoms with Gasteiger partial charge in [0.25, 0.3) is 0 Å². The summed E-state index contributed by atoms with van der Waals surface area (Å²) in [6.45, 7) is 0. The van der Waals surface area contributed by atoms with Crippen LogP contribution in [0.3, 0.4) is 0 Å². The van der Waals surface area contributed by atoms with Crippen LogP contribution >= 0.6 is 0 Å². The van der Waals surface area contributed by atoms with Gasteiger partial charge in [-0.25, -0.2) is 4.79 Å². The summed E-state index contributed by atoms with van der Waals surface area (Å²) in [5.41, 5.74) is 2.00. The number of carbonyl (C=O) groups is 1. The van der Waals surface area contributed by atoms with Crippen molar-refractivity contribution in [3.05, 3.63) is 60.1 Å². The largest absolute Gasteiger partial charge is 0.475 e. The van der Waals surface area contributed by atoms with Gasteiger partial charge in [0.2, 0.25) is 5.76 Å². The number of benzene rings is 2. The van der Waals surface area contributed by atoms with Crippen LogP contribution in [0.15, 0.2) is 52.9 Å². The van der Waals surface area contributed by atoms with Crippen molar-refractivity contribution in [2.75, 3.05) is 10.6 Å². The van der Waals surface area contributed by atoms with E-state index in [1.165, 1.54) is 6.07 Å². The average Bonchev–Trinajstić information content (AvgIpc) is 2.98. The molecule has 0 radical (unpaired) electrons. The van der Waals surface area contributed by atoms with Gasteiger partial charge in [0.15, 0.2) is 6.17 Å². The highest BCUT2D eigenvalue weighted by Gasteiger charge is 2.23. The highest BCUT2D eigenvalue weighted by Crippen LogP contribution is 2.38. The Morgan fingerprint density at radius 1 is 1.00 bits per heavy atom. The van der Waals surface area contributed by atoms with Crippen LogP contribution in [-0.4, -0.2) is 11.1 Å². The van der Waals surface area contributed by atoms with Crippen LogP contribution < -0.4 is 10.6 Å². The van der Waals surface area contributed by atoms with Crippen molar-refractivity contribution in [2.45, 2.75) is 6.17 Å². The lowest BCUT2D eigenvalue weighted by Crippen LogP contribution is -2.23. The lowest BCUT2D eigenvalue weighted by atomic mass is 10.0. The van der Waals surface area contributed by atoms with Gasteiger partial charge in [0.05, 0.1) is 0 Å². The van der Waals surface area contributed by atoms with Crippen molar-refractivity contribution in [1.29, 1.82) is 0 Å². The first kappa shape index (κ1) is 11.8. The number of furan rings is 1. The Kier molecular flexibility index (Phi) is 2.41. The Morgan fingerprint density at radius 3 is 2.24 bits per heavy atom. The van der Waals surface area contributed by atoms with Crippen molar-refractivity contribution in [2.24, 2.45) is 0 Å². The zero-order valence-electron chi connectivity index (χ0n) is 11.0. The third-order valence-corrected chi connectivity index (χ3v) is 3.63. The predicted molar refractivity (Wildman–Crippen MR) is 79.6 cm³/mol. The second-order valence-corrected chi connectivity index (χ2v) is 4.94. The molecule has 2 heterocycles. The molecule has 0 amide bonds. The van der Waals surface area contributed by atoms with Crippen LogP contribution in [0.25, 0.3) is 10.8 Å². The summed E-state index contributed by atoms with van der Waals surface area (Å²) in [5.74, 6) is -0.593. The van der Waals surface area contributed by atoms with Gasteiger partial charge in [-0.15, -0.1) is 0 Å². The summed E-state index contributed by atoms with van der Waals surface area (Å²) in [5, 5.41) is 17.9. The molecule has 21 heavy (non-hydrogen) atoms. The van der Waals surface area contributed by atoms with Crippen LogP contribution in [0.1, 0.15) is 22.5 Å². The smallest absolute Gasteiger partial charge is 0.371 e. The number of hydrogen-bond donors (Lipinski definition) is 3. The molecule has 0 aliphatic carbocycles. The molecule has 0 saturated heterocycles. The third-order valence-electron chi connectivity index (χ3n) is 3.63. The van der Waals surface area contributed by atoms with Crippen molar-refractivity contribution >= 4 is 28.1 Å². The van der Waals surface area contributed by atoms with Gasteiger partial charge in [-0.3, -0.25) is 0 Å². The molecule has 5 nitrogen and oxygen atoms in total. The maximum absolute atomic E-state index is 10.9. The Bertz CT molecular complexity index is 813. The Hall–Kier alpha value is -2.95. The number of carboxylic acids is 1. The van der Waals surface area contributed by atoms with E-state index in [9.17, 15) is 4.79 Å². The molecular weight excluding hydrogens is 268 g/mol. The molecule has 4 rings (SSSR count). The van der Waals surface area contributed by atoms with Crippen molar-refractivity contribution in [3.63, 3.8) is 0 Å². The van der Waals surface area contributed by atoms with Gasteiger partial charge in [-0.05, 0) is 29.7 Å². The molecule has 1 aliphatic rings. The monoisotopic (exact) mass is 280 g/mol. The first-order chi connectivity index (χ1) is 10.2. The molecule has 0 atom stereocenters. The third kappa shape index (κ3) is 1.82. The molecule has 2 aromatic carbocycles. The van der Waals surface area contributed by atoms with Gasteiger partial charge in [-0.2, -0.15) is 0 Å². The fraction of sp³-hybridized carbons (Fsp3) is 0.0625. The van der Waals surface area contributed by atoms with E-state index in [2.05, 4.69) is 22.8 Å². The van der Waals surface area contributed by atoms with E-state index in [4.69, 9.17) is 9.52 Å². The summed E-state index contributed by atoms with van der Waals surface area (Å²) in [4.78, 5) is 10.9. The number of carboxylic acid groups (broad SMARTS) is 1. The van der Waals surface area contributed by atoms with Crippen molar-refractivity contribution in [1.82, 2.24) is 0 Å². The average molecular weight is 280 g/mol. The molecule has 0 bridgehead atoms. The fourth-order valence-corrected chi connectivity index (χ4v) is 2.69. The van der Waals surface area contributed by atoms with Crippen molar-refractivity contribution in [3.8, 4) is 0 Å². The van der Waals surface area contributed by atoms with Crippen LogP contribution in [0, 0.1) is 0 Å². The second kappa shape index (κ2) is 4.28. The Balaban J connectivity index is 1.77. The minimum absolute atomic E-state index is 0.0642. The molecule has 0 spiro atoms. The van der Waals surface area contributed by atoms with Crippen LogP contribution in [0.4, 0.5) is 11.4 Å². The van der Waals surface area contributed by atoms with Crippen LogP contribution in [-0.2, 0) is 0 Å². The molecule has 104 valence electrons. The minimum Gasteiger partial charge on any atom is -0.475 e. The highest BCUT2D eigenvalue weighted by molar-refractivity contribution is 6.04. The van der Waals surface area contributed by atoms with Gasteiger partial charge in [-0.1, -0.05) is 24.3 Å². The number of hydrogen-bond acceptors (Lipinski definition) is 4. The Labute approximate surface area is 120 Å². The minimum atomic E-state index is -1.07. The molecule has 0 fully saturated rings. The standard InChI is InChI=1S/C16H12N2O3/c19-16(20)13-8-7-12(21-13)15-17-10-5-1-3-9-4-2-6-11(18-15)14(9)10/h1-8,15,17-18H,(H,19,20). The zero-order valence-corrected chi connectivity index (χ0v) is 11.0. The van der Waals surface area contributed by atoms with E-state index in [0.717, 1.165) is 22.1 Å². The van der Waals surface area contributed by atoms with E-state index in [1.54, 1.807) is 6.07 Å². The fourth-order valence-electron chi connectivity index (χ4n) is 2.69. The summed E-state index contributed by atoms with van der Waals surface area (Å²) in [6, 6.07) is 15.2. The molecule has 0 unspecified atom stereocenters. The SMILES string of the molecule is O=C(O)c1ccc(C2Nc3cccc4cccc(c34)N2)o1. The Morgan fingerprint density at radius 2 is 1.67 bits per heavy atom. The summed E-state index contributed by atoms with van der Waals surface area (Å²) < 4.78 is 5.37. The normalized spacial score (nSPS) is 13.7. The van der Waals surface area contributed by atoms with E-state index in [0.29, 0.717) is 5.76 Å². The molecule has 3 N–H and O–H groups in total. The number of anilines is 2. The van der Waals surface area contributed by atoms with E-state index < -0.39 is 5.97 Å². The first-order valence-electron chi connectivity index (χ1n) is 6.60. The molecule has 1 aromatic heterocycles. The highest BCUT2D eigenvalue weighted by atomic mass is 16.4. The molecule has 5 heteroatoms. The van der Waals surface area contributed by atoms with Crippen molar-refractivity contribution < 1.29 is 14.3 Å².